The number of fused-ring (bicyclic) bond motifs is 2. The number of carbonyl (C=O) groups is 2. The molecule has 2 aliphatic rings. The second-order valence-corrected chi connectivity index (χ2v) is 11.1. The summed E-state index contributed by atoms with van der Waals surface area (Å²) in [5, 5.41) is 11.9. The van der Waals surface area contributed by atoms with E-state index in [9.17, 15) is 22.8 Å². The quantitative estimate of drug-likeness (QED) is 0.375. The summed E-state index contributed by atoms with van der Waals surface area (Å²) in [5.41, 5.74) is 6.51. The molecule has 2 amide bonds. The summed E-state index contributed by atoms with van der Waals surface area (Å²) in [6.45, 7) is 0. The van der Waals surface area contributed by atoms with Crippen LogP contribution in [0.15, 0.2) is 22.0 Å². The van der Waals surface area contributed by atoms with Crippen molar-refractivity contribution in [3.8, 4) is 0 Å². The molecule has 1 aliphatic heterocycles. The molecule has 0 saturated heterocycles. The molecule has 3 aromatic rings. The maximum Gasteiger partial charge on any atom is 0.410 e. The smallest absolute Gasteiger partial charge is 0.365 e. The molecule has 4 heterocycles. The summed E-state index contributed by atoms with van der Waals surface area (Å²) in [4.78, 5) is 27.0. The molecular weight excluding hydrogens is 555 g/mol. The summed E-state index contributed by atoms with van der Waals surface area (Å²) in [6, 6.07) is 1.08. The van der Waals surface area contributed by atoms with Crippen LogP contribution >= 0.6 is 38.6 Å². The van der Waals surface area contributed by atoms with Gasteiger partial charge in [0.15, 0.2) is 11.7 Å². The van der Waals surface area contributed by atoms with E-state index in [2.05, 4.69) is 31.7 Å². The predicted octanol–water partition coefficient (Wildman–Crippen LogP) is 5.66. The zero-order chi connectivity index (χ0) is 24.2. The number of aromatic nitrogens is 2. The minimum atomic E-state index is -4.56. The Balaban J connectivity index is 1.50. The highest BCUT2D eigenvalue weighted by Crippen LogP contribution is 2.47. The molecule has 3 aromatic heterocycles. The molecule has 180 valence electrons. The lowest BCUT2D eigenvalue weighted by molar-refractivity contribution is -0.173. The Kier molecular flexibility index (Phi) is 5.97. The van der Waals surface area contributed by atoms with Crippen molar-refractivity contribution < 1.29 is 22.8 Å². The largest absolute Gasteiger partial charge is 0.410 e. The van der Waals surface area contributed by atoms with Gasteiger partial charge < -0.3 is 16.4 Å². The van der Waals surface area contributed by atoms with Gasteiger partial charge in [-0.15, -0.1) is 22.7 Å². The van der Waals surface area contributed by atoms with Crippen LogP contribution in [-0.4, -0.2) is 27.8 Å². The van der Waals surface area contributed by atoms with E-state index in [4.69, 9.17) is 5.73 Å². The Morgan fingerprint density at radius 3 is 2.74 bits per heavy atom. The third-order valence-corrected chi connectivity index (χ3v) is 8.99. The fourth-order valence-corrected chi connectivity index (χ4v) is 7.12. The molecule has 7 nitrogen and oxygen atoms in total. The maximum atomic E-state index is 13.9. The van der Waals surface area contributed by atoms with Crippen LogP contribution in [-0.2, 0) is 12.8 Å². The number of rotatable bonds is 4. The van der Waals surface area contributed by atoms with E-state index in [0.717, 1.165) is 39.3 Å². The van der Waals surface area contributed by atoms with Crippen molar-refractivity contribution in [3.63, 3.8) is 0 Å². The maximum absolute atomic E-state index is 13.9. The molecule has 0 fully saturated rings. The minimum absolute atomic E-state index is 0.0812. The molecule has 34 heavy (non-hydrogen) atoms. The summed E-state index contributed by atoms with van der Waals surface area (Å²) >= 11 is 5.92. The van der Waals surface area contributed by atoms with Crippen LogP contribution in [0.2, 0.25) is 0 Å². The lowest BCUT2D eigenvalue weighted by Crippen LogP contribution is -2.35. The Morgan fingerprint density at radius 2 is 2.06 bits per heavy atom. The number of nitrogens with one attached hydrogen (secondary N) is 2. The van der Waals surface area contributed by atoms with Gasteiger partial charge in [0.05, 0.1) is 16.1 Å². The lowest BCUT2D eigenvalue weighted by Gasteiger charge is -2.33. The molecule has 1 aliphatic carbocycles. The molecule has 2 atom stereocenters. The van der Waals surface area contributed by atoms with Crippen molar-refractivity contribution in [2.24, 2.45) is 5.73 Å². The molecule has 13 heteroatoms. The Labute approximate surface area is 208 Å². The van der Waals surface area contributed by atoms with Gasteiger partial charge in [-0.1, -0.05) is 6.07 Å². The number of hydrogen-bond acceptors (Lipinski definition) is 6. The highest BCUT2D eigenvalue weighted by atomic mass is 79.9. The number of amides is 2. The summed E-state index contributed by atoms with van der Waals surface area (Å²) in [5.74, 6) is -1.28. The number of aryl methyl sites for hydroxylation is 1. The molecule has 0 unspecified atom stereocenters. The van der Waals surface area contributed by atoms with E-state index in [1.54, 1.807) is 17.5 Å². The summed E-state index contributed by atoms with van der Waals surface area (Å²) in [6.07, 6.45) is -1.42. The van der Waals surface area contributed by atoms with E-state index in [1.165, 1.54) is 22.7 Å². The van der Waals surface area contributed by atoms with Gasteiger partial charge in [-0.05, 0) is 58.6 Å². The Bertz CT molecular complexity index is 1270. The van der Waals surface area contributed by atoms with E-state index >= 15 is 0 Å². The molecular formula is C21H19BrF3N5O2S2. The number of nitrogens with two attached hydrogens (primary N) is 1. The number of anilines is 2. The standard InChI is InChI=1S/C21H19BrF3N5O2S2/c22-15-16(19(32)28-20-14(17(26)31)9-4-1-2-5-11(9)34-20)29-30-13(21(23,24)25)8-10(27-18(15)30)12-6-3-7-33-12/h3,6-7,10,13,27H,1-2,4-5,8H2,(H2,26,31)(H,28,32)/t10-,13+/m1/s1. The van der Waals surface area contributed by atoms with Crippen LogP contribution in [0.25, 0.3) is 0 Å². The van der Waals surface area contributed by atoms with Gasteiger partial charge in [0.25, 0.3) is 11.8 Å². The molecule has 0 bridgehead atoms. The molecule has 5 rings (SSSR count). The number of hydrogen-bond donors (Lipinski definition) is 3. The lowest BCUT2D eigenvalue weighted by atomic mass is 9.95. The molecule has 0 saturated carbocycles. The van der Waals surface area contributed by atoms with Gasteiger partial charge in [0, 0.05) is 16.2 Å². The number of nitrogens with zero attached hydrogens (tertiary/aromatic N) is 2. The van der Waals surface area contributed by atoms with E-state index < -0.39 is 30.1 Å². The van der Waals surface area contributed by atoms with Crippen LogP contribution in [0.3, 0.4) is 0 Å². The van der Waals surface area contributed by atoms with Crippen LogP contribution in [0.4, 0.5) is 24.0 Å². The fraction of sp³-hybridized carbons (Fsp3) is 0.381. The fourth-order valence-electron chi connectivity index (χ4n) is 4.49. The van der Waals surface area contributed by atoms with Crippen molar-refractivity contribution in [1.82, 2.24) is 9.78 Å². The Morgan fingerprint density at radius 1 is 1.29 bits per heavy atom. The normalized spacial score (nSPS) is 19.8. The van der Waals surface area contributed by atoms with E-state index in [0.29, 0.717) is 11.4 Å². The average molecular weight is 574 g/mol. The summed E-state index contributed by atoms with van der Waals surface area (Å²) in [7, 11) is 0. The van der Waals surface area contributed by atoms with Crippen LogP contribution in [0.1, 0.15) is 67.5 Å². The number of alkyl halides is 3. The molecule has 4 N–H and O–H groups in total. The highest BCUT2D eigenvalue weighted by Gasteiger charge is 2.48. The van der Waals surface area contributed by atoms with Gasteiger partial charge in [-0.2, -0.15) is 18.3 Å². The SMILES string of the molecule is NC(=O)c1c(NC(=O)c2nn3c(c2Br)N[C@@H](c2cccs2)C[C@H]3C(F)(F)F)sc2c1CCCC2. The first-order valence-corrected chi connectivity index (χ1v) is 13.0. The molecule has 0 spiro atoms. The number of thiophene rings is 2. The van der Waals surface area contributed by atoms with E-state index in [1.807, 2.05) is 0 Å². The first kappa shape index (κ1) is 23.4. The topological polar surface area (TPSA) is 102 Å². The highest BCUT2D eigenvalue weighted by molar-refractivity contribution is 9.10. The predicted molar refractivity (Wildman–Crippen MR) is 128 cm³/mol. The number of carbonyl (C=O) groups excluding carboxylic acids is 2. The van der Waals surface area contributed by atoms with Crippen LogP contribution in [0, 0.1) is 0 Å². The van der Waals surface area contributed by atoms with Crippen molar-refractivity contribution in [2.45, 2.75) is 50.4 Å². The van der Waals surface area contributed by atoms with Gasteiger partial charge >= 0.3 is 6.18 Å². The van der Waals surface area contributed by atoms with Crippen LogP contribution < -0.4 is 16.4 Å². The summed E-state index contributed by atoms with van der Waals surface area (Å²) < 4.78 is 42.8. The first-order valence-electron chi connectivity index (χ1n) is 10.6. The molecule has 0 aromatic carbocycles. The monoisotopic (exact) mass is 573 g/mol. The van der Waals surface area contributed by atoms with Crippen molar-refractivity contribution in [3.05, 3.63) is 48.6 Å². The van der Waals surface area contributed by atoms with Gasteiger partial charge in [0.1, 0.15) is 10.8 Å². The zero-order valence-electron chi connectivity index (χ0n) is 17.5. The van der Waals surface area contributed by atoms with Gasteiger partial charge in [0.2, 0.25) is 0 Å². The average Bonchev–Trinajstić information content (AvgIpc) is 3.50. The van der Waals surface area contributed by atoms with Crippen molar-refractivity contribution >= 4 is 61.2 Å². The van der Waals surface area contributed by atoms with Crippen LogP contribution in [0.5, 0.6) is 0 Å². The zero-order valence-corrected chi connectivity index (χ0v) is 20.8. The van der Waals surface area contributed by atoms with Crippen molar-refractivity contribution in [2.75, 3.05) is 10.6 Å². The van der Waals surface area contributed by atoms with Crippen molar-refractivity contribution in [1.29, 1.82) is 0 Å². The second kappa shape index (κ2) is 8.68. The van der Waals surface area contributed by atoms with Gasteiger partial charge in [-0.3, -0.25) is 9.59 Å². The third kappa shape index (κ3) is 4.03. The number of halogens is 4. The Hall–Kier alpha value is -2.38. The van der Waals surface area contributed by atoms with Gasteiger partial charge in [-0.25, -0.2) is 4.68 Å². The second-order valence-electron chi connectivity index (χ2n) is 8.19. The van der Waals surface area contributed by atoms with E-state index in [-0.39, 0.29) is 28.0 Å². The minimum Gasteiger partial charge on any atom is -0.365 e. The third-order valence-electron chi connectivity index (χ3n) is 6.04. The molecule has 0 radical (unpaired) electrons. The number of primary amides is 1. The first-order chi connectivity index (χ1) is 16.1.